The monoisotopic (exact) mass is 294 g/mol. The third kappa shape index (κ3) is 2.86. The molecule has 0 fully saturated rings. The van der Waals surface area contributed by atoms with E-state index in [-0.39, 0.29) is 6.42 Å². The molecule has 1 aromatic carbocycles. The van der Waals surface area contributed by atoms with Crippen molar-refractivity contribution in [2.24, 2.45) is 0 Å². The first-order valence-corrected chi connectivity index (χ1v) is 7.39. The van der Waals surface area contributed by atoms with E-state index in [1.165, 1.54) is 5.56 Å². The number of aromatic nitrogens is 2. The van der Waals surface area contributed by atoms with Crippen LogP contribution in [0.25, 0.3) is 22.3 Å². The van der Waals surface area contributed by atoms with Crippen molar-refractivity contribution in [2.45, 2.75) is 26.2 Å². The Balaban J connectivity index is 2.07. The van der Waals surface area contributed by atoms with Gasteiger partial charge in [-0.15, -0.1) is 0 Å². The summed E-state index contributed by atoms with van der Waals surface area (Å²) in [4.78, 5) is 18.6. The molecule has 0 saturated heterocycles. The summed E-state index contributed by atoms with van der Waals surface area (Å²) < 4.78 is 0. The molecule has 0 aliphatic carbocycles. The fraction of sp³-hybridized carbons (Fsp3) is 0.222. The Labute approximate surface area is 128 Å². The molecule has 0 unspecified atom stereocenters. The molecule has 2 N–H and O–H groups in total. The average Bonchev–Trinajstić information content (AvgIpc) is 2.86. The van der Waals surface area contributed by atoms with Gasteiger partial charge in [0.25, 0.3) is 0 Å². The second-order valence-electron chi connectivity index (χ2n) is 5.49. The molecule has 4 heteroatoms. The van der Waals surface area contributed by atoms with Gasteiger partial charge in [0.2, 0.25) is 0 Å². The highest BCUT2D eigenvalue weighted by Gasteiger charge is 2.14. The van der Waals surface area contributed by atoms with Crippen LogP contribution in [0.4, 0.5) is 0 Å². The number of carboxylic acid groups (broad SMARTS) is 1. The van der Waals surface area contributed by atoms with Crippen molar-refractivity contribution in [1.82, 2.24) is 9.97 Å². The van der Waals surface area contributed by atoms with Crippen molar-refractivity contribution in [3.05, 3.63) is 53.7 Å². The van der Waals surface area contributed by atoms with E-state index >= 15 is 0 Å². The molecule has 0 spiro atoms. The largest absolute Gasteiger partial charge is 0.481 e. The van der Waals surface area contributed by atoms with Crippen LogP contribution in [0.3, 0.4) is 0 Å². The van der Waals surface area contributed by atoms with Crippen LogP contribution in [0.15, 0.2) is 42.6 Å². The van der Waals surface area contributed by atoms with Gasteiger partial charge in [0, 0.05) is 23.5 Å². The van der Waals surface area contributed by atoms with Gasteiger partial charge in [-0.2, -0.15) is 0 Å². The number of aryl methyl sites for hydroxylation is 2. The highest BCUT2D eigenvalue weighted by molar-refractivity contribution is 5.90. The Hall–Kier alpha value is -2.62. The Morgan fingerprint density at radius 2 is 2.14 bits per heavy atom. The zero-order chi connectivity index (χ0) is 15.5. The van der Waals surface area contributed by atoms with Gasteiger partial charge in [-0.25, -0.2) is 0 Å². The Morgan fingerprint density at radius 3 is 2.86 bits per heavy atom. The van der Waals surface area contributed by atoms with Crippen molar-refractivity contribution >= 4 is 16.9 Å². The second kappa shape index (κ2) is 6.02. The summed E-state index contributed by atoms with van der Waals surface area (Å²) in [6.07, 6.45) is 3.30. The minimum atomic E-state index is -0.754. The number of pyridine rings is 1. The lowest BCUT2D eigenvalue weighted by Gasteiger charge is -2.04. The minimum Gasteiger partial charge on any atom is -0.481 e. The van der Waals surface area contributed by atoms with Crippen molar-refractivity contribution in [3.8, 4) is 11.4 Å². The molecule has 0 saturated carbocycles. The van der Waals surface area contributed by atoms with E-state index in [0.717, 1.165) is 34.3 Å². The maximum Gasteiger partial charge on any atom is 0.303 e. The number of hydrogen-bond donors (Lipinski definition) is 2. The number of nitrogens with one attached hydrogen (secondary N) is 1. The highest BCUT2D eigenvalue weighted by atomic mass is 16.4. The van der Waals surface area contributed by atoms with Gasteiger partial charge in [0.05, 0.1) is 11.4 Å². The van der Waals surface area contributed by atoms with E-state index < -0.39 is 5.97 Å². The van der Waals surface area contributed by atoms with Crippen LogP contribution in [0, 0.1) is 6.92 Å². The van der Waals surface area contributed by atoms with Gasteiger partial charge in [0.15, 0.2) is 0 Å². The van der Waals surface area contributed by atoms with Crippen LogP contribution in [-0.2, 0) is 11.2 Å². The van der Waals surface area contributed by atoms with Crippen LogP contribution >= 0.6 is 0 Å². The number of rotatable bonds is 5. The number of benzene rings is 1. The van der Waals surface area contributed by atoms with Crippen LogP contribution < -0.4 is 0 Å². The predicted octanol–water partition coefficient (Wildman–Crippen LogP) is 3.95. The normalized spacial score (nSPS) is 11.0. The second-order valence-corrected chi connectivity index (χ2v) is 5.49. The molecule has 4 nitrogen and oxygen atoms in total. The van der Waals surface area contributed by atoms with Gasteiger partial charge in [-0.05, 0) is 49.6 Å². The topological polar surface area (TPSA) is 66.0 Å². The smallest absolute Gasteiger partial charge is 0.303 e. The fourth-order valence-electron chi connectivity index (χ4n) is 2.77. The molecule has 2 heterocycles. The molecule has 0 aliphatic rings. The van der Waals surface area contributed by atoms with E-state index in [1.54, 1.807) is 6.20 Å². The maximum atomic E-state index is 10.8. The molecule has 0 atom stereocenters. The van der Waals surface area contributed by atoms with E-state index in [1.807, 2.05) is 18.2 Å². The fourth-order valence-corrected chi connectivity index (χ4v) is 2.77. The first-order chi connectivity index (χ1) is 10.6. The van der Waals surface area contributed by atoms with Crippen LogP contribution in [0.2, 0.25) is 0 Å². The summed E-state index contributed by atoms with van der Waals surface area (Å²) in [6, 6.07) is 12.1. The standard InChI is InChI=1S/C18H18N2O2/c1-12-8-9-15-14(11-12)13(5-4-7-17(21)22)18(20-15)16-6-2-3-10-19-16/h2-3,6,8-11,20H,4-5,7H2,1H3,(H,21,22). The molecule has 0 radical (unpaired) electrons. The van der Waals surface area contributed by atoms with E-state index in [4.69, 9.17) is 5.11 Å². The van der Waals surface area contributed by atoms with Crippen molar-refractivity contribution in [2.75, 3.05) is 0 Å². The molecule has 0 amide bonds. The lowest BCUT2D eigenvalue weighted by molar-refractivity contribution is -0.137. The summed E-state index contributed by atoms with van der Waals surface area (Å²) >= 11 is 0. The lowest BCUT2D eigenvalue weighted by Crippen LogP contribution is -1.97. The van der Waals surface area contributed by atoms with E-state index in [9.17, 15) is 4.79 Å². The number of carboxylic acids is 1. The summed E-state index contributed by atoms with van der Waals surface area (Å²) in [5, 5.41) is 10.0. The SMILES string of the molecule is Cc1ccc2[nH]c(-c3ccccn3)c(CCCC(=O)O)c2c1. The van der Waals surface area contributed by atoms with Crippen LogP contribution in [0.1, 0.15) is 24.0 Å². The number of H-pyrrole nitrogens is 1. The number of fused-ring (bicyclic) bond motifs is 1. The summed E-state index contributed by atoms with van der Waals surface area (Å²) in [6.45, 7) is 2.06. The highest BCUT2D eigenvalue weighted by Crippen LogP contribution is 2.31. The zero-order valence-corrected chi connectivity index (χ0v) is 12.5. The van der Waals surface area contributed by atoms with E-state index in [0.29, 0.717) is 6.42 Å². The predicted molar refractivity (Wildman–Crippen MR) is 86.8 cm³/mol. The van der Waals surface area contributed by atoms with Gasteiger partial charge in [-0.3, -0.25) is 9.78 Å². The molecule has 0 bridgehead atoms. The summed E-state index contributed by atoms with van der Waals surface area (Å²) in [7, 11) is 0. The number of hydrogen-bond acceptors (Lipinski definition) is 2. The van der Waals surface area contributed by atoms with E-state index in [2.05, 4.69) is 35.1 Å². The van der Waals surface area contributed by atoms with Crippen LogP contribution in [0.5, 0.6) is 0 Å². The number of carbonyl (C=O) groups is 1. The Kier molecular flexibility index (Phi) is 3.92. The zero-order valence-electron chi connectivity index (χ0n) is 12.5. The van der Waals surface area contributed by atoms with Gasteiger partial charge < -0.3 is 10.1 Å². The lowest BCUT2D eigenvalue weighted by atomic mass is 10.0. The third-order valence-corrected chi connectivity index (χ3v) is 3.80. The van der Waals surface area contributed by atoms with Crippen molar-refractivity contribution in [1.29, 1.82) is 0 Å². The number of aromatic amines is 1. The molecule has 112 valence electrons. The molecular weight excluding hydrogens is 276 g/mol. The summed E-state index contributed by atoms with van der Waals surface area (Å²) in [5.41, 5.74) is 5.29. The number of aliphatic carboxylic acids is 1. The number of nitrogens with zero attached hydrogens (tertiary/aromatic N) is 1. The van der Waals surface area contributed by atoms with Gasteiger partial charge >= 0.3 is 5.97 Å². The maximum absolute atomic E-state index is 10.8. The molecule has 0 aliphatic heterocycles. The minimum absolute atomic E-state index is 0.181. The van der Waals surface area contributed by atoms with Crippen molar-refractivity contribution < 1.29 is 9.90 Å². The molecular formula is C18H18N2O2. The first-order valence-electron chi connectivity index (χ1n) is 7.39. The first kappa shape index (κ1) is 14.3. The Morgan fingerprint density at radius 1 is 1.27 bits per heavy atom. The van der Waals surface area contributed by atoms with Crippen molar-refractivity contribution in [3.63, 3.8) is 0 Å². The van der Waals surface area contributed by atoms with Gasteiger partial charge in [-0.1, -0.05) is 17.7 Å². The van der Waals surface area contributed by atoms with Gasteiger partial charge in [0.1, 0.15) is 0 Å². The molecule has 3 aromatic rings. The molecule has 3 rings (SSSR count). The molecule has 2 aromatic heterocycles. The molecule has 22 heavy (non-hydrogen) atoms. The Bertz CT molecular complexity index is 807. The average molecular weight is 294 g/mol. The quantitative estimate of drug-likeness (QED) is 0.749. The summed E-state index contributed by atoms with van der Waals surface area (Å²) in [5.74, 6) is -0.754. The third-order valence-electron chi connectivity index (χ3n) is 3.80. The van der Waals surface area contributed by atoms with Crippen LogP contribution in [-0.4, -0.2) is 21.0 Å².